The number of benzene rings is 3. The summed E-state index contributed by atoms with van der Waals surface area (Å²) in [7, 11) is -3.75. The first-order valence-corrected chi connectivity index (χ1v) is 16.0. The lowest BCUT2D eigenvalue weighted by Gasteiger charge is -2.14. The average molecular weight is 640 g/mol. The normalized spacial score (nSPS) is 11.6. The maximum Gasteiger partial charge on any atom is 0.341 e. The van der Waals surface area contributed by atoms with Crippen molar-refractivity contribution in [3.05, 3.63) is 105 Å². The van der Waals surface area contributed by atoms with Gasteiger partial charge in [-0.05, 0) is 78.1 Å². The van der Waals surface area contributed by atoms with Crippen LogP contribution in [0.4, 0.5) is 5.69 Å². The lowest BCUT2D eigenvalue weighted by Crippen LogP contribution is -2.26. The number of halogens is 1. The molecule has 3 aromatic carbocycles. The van der Waals surface area contributed by atoms with E-state index in [1.807, 2.05) is 23.6 Å². The molecule has 1 aromatic heterocycles. The van der Waals surface area contributed by atoms with Gasteiger partial charge in [-0.2, -0.15) is 0 Å². The number of nitrogens with one attached hydrogen (secondary N) is 2. The number of nitrogens with zero attached hydrogens (tertiary/aromatic N) is 1. The molecular formula is C31H30ClN3O6S2. The Bertz CT molecular complexity index is 1730. The summed E-state index contributed by atoms with van der Waals surface area (Å²) in [5.74, 6) is -1.08. The molecule has 224 valence electrons. The summed E-state index contributed by atoms with van der Waals surface area (Å²) >= 11 is 7.40. The molecule has 0 atom stereocenters. The van der Waals surface area contributed by atoms with Crippen LogP contribution < -0.4 is 14.8 Å². The third-order valence-electron chi connectivity index (χ3n) is 6.17. The number of amides is 1. The molecule has 0 aliphatic carbocycles. The summed E-state index contributed by atoms with van der Waals surface area (Å²) in [6.07, 6.45) is 4.08. The fraction of sp³-hybridized carbons (Fsp3) is 0.194. The molecule has 0 bridgehead atoms. The standard InChI is InChI=1S/C31H30ClN3O6S2/c1-20(2)27-19-42-29(34-27)13-7-21-4-3-5-23(16-21)31(38)35-26-17-22(6-12-28(26)41-18-30(36)37)14-15-33-43(39,40)25-10-8-24(32)9-11-25/h3-13,16-17,19-20,33H,14-15,18H2,1-2H3,(H,35,38)(H,36,37). The van der Waals surface area contributed by atoms with Gasteiger partial charge in [0.1, 0.15) is 10.8 Å². The zero-order chi connectivity index (χ0) is 31.0. The number of hydrogen-bond acceptors (Lipinski definition) is 7. The number of carboxylic acids is 1. The van der Waals surface area contributed by atoms with Crippen molar-refractivity contribution >= 4 is 62.7 Å². The van der Waals surface area contributed by atoms with Gasteiger partial charge in [0.05, 0.1) is 16.3 Å². The minimum Gasteiger partial charge on any atom is -0.480 e. The van der Waals surface area contributed by atoms with Gasteiger partial charge in [0.25, 0.3) is 5.91 Å². The molecule has 0 spiro atoms. The Balaban J connectivity index is 1.47. The highest BCUT2D eigenvalue weighted by molar-refractivity contribution is 7.89. The summed E-state index contributed by atoms with van der Waals surface area (Å²) in [5.41, 5.74) is 3.17. The predicted octanol–water partition coefficient (Wildman–Crippen LogP) is 6.33. The maximum atomic E-state index is 13.2. The Morgan fingerprint density at radius 1 is 1.07 bits per heavy atom. The Hall–Kier alpha value is -4.03. The van der Waals surface area contributed by atoms with Crippen molar-refractivity contribution in [1.29, 1.82) is 0 Å². The van der Waals surface area contributed by atoms with Gasteiger partial charge in [-0.15, -0.1) is 11.3 Å². The zero-order valence-corrected chi connectivity index (χ0v) is 25.8. The van der Waals surface area contributed by atoms with Gasteiger partial charge in [0.15, 0.2) is 6.61 Å². The van der Waals surface area contributed by atoms with Gasteiger partial charge >= 0.3 is 5.97 Å². The van der Waals surface area contributed by atoms with E-state index in [0.717, 1.165) is 16.3 Å². The Labute approximate surface area is 259 Å². The van der Waals surface area contributed by atoms with Crippen molar-refractivity contribution < 1.29 is 27.9 Å². The third kappa shape index (κ3) is 9.23. The second-order valence-electron chi connectivity index (χ2n) is 9.79. The van der Waals surface area contributed by atoms with Gasteiger partial charge in [0.2, 0.25) is 10.0 Å². The van der Waals surface area contributed by atoms with Crippen LogP contribution in [-0.2, 0) is 21.2 Å². The average Bonchev–Trinajstić information content (AvgIpc) is 3.45. The van der Waals surface area contributed by atoms with E-state index < -0.39 is 28.5 Å². The number of aliphatic carboxylic acids is 1. The summed E-state index contributed by atoms with van der Waals surface area (Å²) in [6, 6.07) is 17.7. The van der Waals surface area contributed by atoms with Crippen LogP contribution in [0.25, 0.3) is 12.2 Å². The van der Waals surface area contributed by atoms with E-state index in [0.29, 0.717) is 28.5 Å². The van der Waals surface area contributed by atoms with Gasteiger partial charge in [-0.1, -0.05) is 49.7 Å². The monoisotopic (exact) mass is 639 g/mol. The quantitative estimate of drug-likeness (QED) is 0.156. The maximum absolute atomic E-state index is 13.2. The molecule has 43 heavy (non-hydrogen) atoms. The summed E-state index contributed by atoms with van der Waals surface area (Å²) < 4.78 is 33.1. The number of rotatable bonds is 13. The summed E-state index contributed by atoms with van der Waals surface area (Å²) in [6.45, 7) is 3.66. The van der Waals surface area contributed by atoms with Crippen molar-refractivity contribution in [2.45, 2.75) is 31.1 Å². The van der Waals surface area contributed by atoms with Crippen LogP contribution in [0, 0.1) is 0 Å². The molecule has 1 heterocycles. The fourth-order valence-corrected chi connectivity index (χ4v) is 5.94. The molecule has 0 saturated carbocycles. The first kappa shape index (κ1) is 31.9. The second-order valence-corrected chi connectivity index (χ2v) is 12.9. The smallest absolute Gasteiger partial charge is 0.341 e. The molecule has 12 heteroatoms. The van der Waals surface area contributed by atoms with E-state index >= 15 is 0 Å². The molecule has 3 N–H and O–H groups in total. The van der Waals surface area contributed by atoms with Crippen molar-refractivity contribution in [1.82, 2.24) is 9.71 Å². The highest BCUT2D eigenvalue weighted by Crippen LogP contribution is 2.27. The predicted molar refractivity (Wildman–Crippen MR) is 169 cm³/mol. The summed E-state index contributed by atoms with van der Waals surface area (Å²) in [5, 5.41) is 15.2. The lowest BCUT2D eigenvalue weighted by atomic mass is 10.1. The second kappa shape index (κ2) is 14.4. The van der Waals surface area contributed by atoms with E-state index in [9.17, 15) is 18.0 Å². The highest BCUT2D eigenvalue weighted by atomic mass is 35.5. The Morgan fingerprint density at radius 2 is 1.84 bits per heavy atom. The van der Waals surface area contributed by atoms with Crippen molar-refractivity contribution in [2.24, 2.45) is 0 Å². The van der Waals surface area contributed by atoms with Gasteiger partial charge in [-0.3, -0.25) is 4.79 Å². The Morgan fingerprint density at radius 3 is 2.53 bits per heavy atom. The molecule has 0 radical (unpaired) electrons. The van der Waals surface area contributed by atoms with Crippen molar-refractivity contribution in [3.8, 4) is 5.75 Å². The van der Waals surface area contributed by atoms with Crippen LogP contribution in [0.15, 0.2) is 77.0 Å². The molecule has 0 fully saturated rings. The lowest BCUT2D eigenvalue weighted by molar-refractivity contribution is -0.139. The number of sulfonamides is 1. The number of anilines is 1. The van der Waals surface area contributed by atoms with E-state index in [-0.39, 0.29) is 22.9 Å². The van der Waals surface area contributed by atoms with Crippen LogP contribution in [0.3, 0.4) is 0 Å². The largest absolute Gasteiger partial charge is 0.480 e. The molecule has 4 aromatic rings. The number of aromatic nitrogens is 1. The first-order valence-electron chi connectivity index (χ1n) is 13.3. The molecule has 0 unspecified atom stereocenters. The van der Waals surface area contributed by atoms with Gasteiger partial charge in [0, 0.05) is 22.5 Å². The zero-order valence-electron chi connectivity index (χ0n) is 23.4. The SMILES string of the molecule is CC(C)c1csc(C=Cc2cccc(C(=O)Nc3cc(CCNS(=O)(=O)c4ccc(Cl)cc4)ccc3OCC(=O)O)c2)n1. The topological polar surface area (TPSA) is 135 Å². The number of carboxylic acid groups (broad SMARTS) is 1. The van der Waals surface area contributed by atoms with Crippen LogP contribution >= 0.6 is 22.9 Å². The minimum absolute atomic E-state index is 0.0831. The number of thiazole rings is 1. The Kier molecular flexibility index (Phi) is 10.7. The van der Waals surface area contributed by atoms with E-state index in [1.54, 1.807) is 47.7 Å². The molecule has 4 rings (SSSR count). The van der Waals surface area contributed by atoms with E-state index in [1.165, 1.54) is 24.3 Å². The van der Waals surface area contributed by atoms with Crippen LogP contribution in [0.1, 0.15) is 52.0 Å². The van der Waals surface area contributed by atoms with Crippen molar-refractivity contribution in [3.63, 3.8) is 0 Å². The fourth-order valence-electron chi connectivity index (χ4n) is 3.91. The molecule has 0 aliphatic rings. The molecule has 0 saturated heterocycles. The number of hydrogen-bond donors (Lipinski definition) is 3. The highest BCUT2D eigenvalue weighted by Gasteiger charge is 2.15. The van der Waals surface area contributed by atoms with Crippen molar-refractivity contribution in [2.75, 3.05) is 18.5 Å². The van der Waals surface area contributed by atoms with Crippen LogP contribution in [-0.4, -0.2) is 43.5 Å². The van der Waals surface area contributed by atoms with Crippen LogP contribution in [0.5, 0.6) is 5.75 Å². The molecule has 9 nitrogen and oxygen atoms in total. The third-order valence-corrected chi connectivity index (χ3v) is 8.73. The number of carbonyl (C=O) groups is 2. The molecule has 0 aliphatic heterocycles. The minimum atomic E-state index is -3.75. The van der Waals surface area contributed by atoms with Gasteiger partial charge < -0.3 is 15.2 Å². The van der Waals surface area contributed by atoms with Gasteiger partial charge in [-0.25, -0.2) is 22.9 Å². The van der Waals surface area contributed by atoms with Crippen LogP contribution in [0.2, 0.25) is 5.02 Å². The van der Waals surface area contributed by atoms with E-state index in [2.05, 4.69) is 28.9 Å². The molecular weight excluding hydrogens is 610 g/mol. The number of carbonyl (C=O) groups excluding carboxylic acids is 1. The first-order chi connectivity index (χ1) is 20.5. The number of ether oxygens (including phenoxy) is 1. The van der Waals surface area contributed by atoms with E-state index in [4.69, 9.17) is 21.4 Å². The summed E-state index contributed by atoms with van der Waals surface area (Å²) in [4.78, 5) is 29.0. The molecule has 1 amide bonds.